The lowest BCUT2D eigenvalue weighted by atomic mass is 9.98. The summed E-state index contributed by atoms with van der Waals surface area (Å²) in [5.41, 5.74) is 2.02. The number of benzene rings is 2. The zero-order chi connectivity index (χ0) is 13.4. The van der Waals surface area contributed by atoms with Gasteiger partial charge in [-0.25, -0.2) is 4.39 Å². The summed E-state index contributed by atoms with van der Waals surface area (Å²) in [5, 5.41) is 10.3. The Morgan fingerprint density at radius 3 is 2.95 bits per heavy atom. The third-order valence-electron chi connectivity index (χ3n) is 3.31. The van der Waals surface area contributed by atoms with Gasteiger partial charge in [-0.3, -0.25) is 0 Å². The molecule has 0 radical (unpaired) electrons. The third kappa shape index (κ3) is 2.26. The summed E-state index contributed by atoms with van der Waals surface area (Å²) < 4.78 is 19.8. The van der Waals surface area contributed by atoms with E-state index < -0.39 is 11.9 Å². The minimum Gasteiger partial charge on any atom is -0.493 e. The van der Waals surface area contributed by atoms with Gasteiger partial charge < -0.3 is 9.84 Å². The quantitative estimate of drug-likeness (QED) is 0.915. The van der Waals surface area contributed by atoms with Crippen LogP contribution < -0.4 is 4.74 Å². The molecule has 2 nitrogen and oxygen atoms in total. The smallest absolute Gasteiger partial charge is 0.143 e. The van der Waals surface area contributed by atoms with Gasteiger partial charge in [0, 0.05) is 12.0 Å². The van der Waals surface area contributed by atoms with Gasteiger partial charge >= 0.3 is 0 Å². The van der Waals surface area contributed by atoms with Gasteiger partial charge in [-0.2, -0.15) is 0 Å². The summed E-state index contributed by atoms with van der Waals surface area (Å²) in [6.45, 7) is 0.667. The standard InChI is InChI=1S/C15H12BrFO2/c16-12-3-1-2-11(14(12)17)15(18)10-4-5-13-9(8-10)6-7-19-13/h1-5,8,15,18H,6-7H2. The first-order valence-corrected chi connectivity index (χ1v) is 6.83. The first-order valence-electron chi connectivity index (χ1n) is 6.04. The van der Waals surface area contributed by atoms with Gasteiger partial charge in [-0.1, -0.05) is 18.2 Å². The van der Waals surface area contributed by atoms with Gasteiger partial charge in [0.05, 0.1) is 11.1 Å². The maximum absolute atomic E-state index is 14.0. The molecule has 0 aliphatic carbocycles. The van der Waals surface area contributed by atoms with Crippen LogP contribution in [0.1, 0.15) is 22.8 Å². The number of halogens is 2. The molecule has 2 aromatic rings. The van der Waals surface area contributed by atoms with E-state index in [0.717, 1.165) is 17.7 Å². The lowest BCUT2D eigenvalue weighted by Crippen LogP contribution is -2.03. The SMILES string of the molecule is OC(c1ccc2c(c1)CCO2)c1cccc(Br)c1F. The molecule has 2 aromatic carbocycles. The molecule has 19 heavy (non-hydrogen) atoms. The van der Waals surface area contributed by atoms with E-state index in [4.69, 9.17) is 4.74 Å². The molecule has 0 amide bonds. The molecule has 98 valence electrons. The fourth-order valence-electron chi connectivity index (χ4n) is 2.29. The average Bonchev–Trinajstić information content (AvgIpc) is 2.88. The van der Waals surface area contributed by atoms with E-state index in [1.807, 2.05) is 12.1 Å². The molecule has 3 rings (SSSR count). The predicted molar refractivity (Wildman–Crippen MR) is 73.8 cm³/mol. The molecule has 1 aliphatic heterocycles. The van der Waals surface area contributed by atoms with Gasteiger partial charge in [0.15, 0.2) is 0 Å². The monoisotopic (exact) mass is 322 g/mol. The number of rotatable bonds is 2. The molecule has 1 heterocycles. The summed E-state index contributed by atoms with van der Waals surface area (Å²) in [4.78, 5) is 0. The number of fused-ring (bicyclic) bond motifs is 1. The highest BCUT2D eigenvalue weighted by molar-refractivity contribution is 9.10. The highest BCUT2D eigenvalue weighted by Gasteiger charge is 2.19. The highest BCUT2D eigenvalue weighted by Crippen LogP contribution is 2.32. The Morgan fingerprint density at radius 2 is 2.11 bits per heavy atom. The Morgan fingerprint density at radius 1 is 1.26 bits per heavy atom. The Hall–Kier alpha value is -1.39. The summed E-state index contributed by atoms with van der Waals surface area (Å²) in [6.07, 6.45) is -0.139. The maximum atomic E-state index is 14.0. The molecule has 0 saturated carbocycles. The van der Waals surface area contributed by atoms with Crippen LogP contribution in [0.15, 0.2) is 40.9 Å². The van der Waals surface area contributed by atoms with Crippen LogP contribution in [0.3, 0.4) is 0 Å². The largest absolute Gasteiger partial charge is 0.493 e. The summed E-state index contributed by atoms with van der Waals surface area (Å²) in [7, 11) is 0. The molecule has 0 fully saturated rings. The molecule has 1 aliphatic rings. The third-order valence-corrected chi connectivity index (χ3v) is 3.92. The van der Waals surface area contributed by atoms with E-state index in [0.29, 0.717) is 16.6 Å². The van der Waals surface area contributed by atoms with Crippen molar-refractivity contribution in [2.75, 3.05) is 6.61 Å². The Kier molecular flexibility index (Phi) is 3.29. The normalized spacial score (nSPS) is 14.9. The number of hydrogen-bond acceptors (Lipinski definition) is 2. The molecule has 0 aromatic heterocycles. The molecular formula is C15H12BrFO2. The first-order chi connectivity index (χ1) is 9.16. The van der Waals surface area contributed by atoms with Gasteiger partial charge in [0.1, 0.15) is 17.7 Å². The molecule has 4 heteroatoms. The summed E-state index contributed by atoms with van der Waals surface area (Å²) in [6, 6.07) is 10.4. The van der Waals surface area contributed by atoms with Crippen molar-refractivity contribution < 1.29 is 14.2 Å². The van der Waals surface area contributed by atoms with Crippen molar-refractivity contribution >= 4 is 15.9 Å². The van der Waals surface area contributed by atoms with Crippen LogP contribution in [0.25, 0.3) is 0 Å². The molecule has 0 spiro atoms. The summed E-state index contributed by atoms with van der Waals surface area (Å²) in [5.74, 6) is 0.428. The topological polar surface area (TPSA) is 29.5 Å². The second-order valence-corrected chi connectivity index (χ2v) is 5.37. The van der Waals surface area contributed by atoms with Gasteiger partial charge in [0.2, 0.25) is 0 Å². The maximum Gasteiger partial charge on any atom is 0.143 e. The van der Waals surface area contributed by atoms with Crippen LogP contribution in [0, 0.1) is 5.82 Å². The van der Waals surface area contributed by atoms with Crippen LogP contribution >= 0.6 is 15.9 Å². The lowest BCUT2D eigenvalue weighted by molar-refractivity contribution is 0.214. The number of aliphatic hydroxyl groups is 1. The van der Waals surface area contributed by atoms with E-state index in [1.54, 1.807) is 24.3 Å². The van der Waals surface area contributed by atoms with Crippen molar-refractivity contribution in [3.8, 4) is 5.75 Å². The van der Waals surface area contributed by atoms with Crippen molar-refractivity contribution in [2.45, 2.75) is 12.5 Å². The predicted octanol–water partition coefficient (Wildman–Crippen LogP) is 3.60. The average molecular weight is 323 g/mol. The molecule has 0 saturated heterocycles. The fourth-order valence-corrected chi connectivity index (χ4v) is 2.67. The second kappa shape index (κ2) is 4.94. The van der Waals surface area contributed by atoms with E-state index in [1.165, 1.54) is 0 Å². The van der Waals surface area contributed by atoms with Gasteiger partial charge in [-0.05, 0) is 45.3 Å². The number of hydrogen-bond donors (Lipinski definition) is 1. The van der Waals surface area contributed by atoms with E-state index in [9.17, 15) is 9.50 Å². The minimum absolute atomic E-state index is 0.272. The van der Waals surface area contributed by atoms with Gasteiger partial charge in [-0.15, -0.1) is 0 Å². The minimum atomic E-state index is -0.969. The fraction of sp³-hybridized carbons (Fsp3) is 0.200. The van der Waals surface area contributed by atoms with Crippen molar-refractivity contribution in [1.29, 1.82) is 0 Å². The van der Waals surface area contributed by atoms with Crippen LogP contribution in [-0.2, 0) is 6.42 Å². The van der Waals surface area contributed by atoms with Crippen molar-refractivity contribution in [2.24, 2.45) is 0 Å². The highest BCUT2D eigenvalue weighted by atomic mass is 79.9. The molecule has 0 bridgehead atoms. The number of aliphatic hydroxyl groups excluding tert-OH is 1. The van der Waals surface area contributed by atoms with Gasteiger partial charge in [0.25, 0.3) is 0 Å². The van der Waals surface area contributed by atoms with E-state index >= 15 is 0 Å². The van der Waals surface area contributed by atoms with Crippen LogP contribution in [0.5, 0.6) is 5.75 Å². The summed E-state index contributed by atoms with van der Waals surface area (Å²) >= 11 is 3.13. The van der Waals surface area contributed by atoms with Crippen molar-refractivity contribution in [3.05, 3.63) is 63.4 Å². The Bertz CT molecular complexity index is 628. The molecular weight excluding hydrogens is 311 g/mol. The van der Waals surface area contributed by atoms with Crippen molar-refractivity contribution in [1.82, 2.24) is 0 Å². The van der Waals surface area contributed by atoms with E-state index in [2.05, 4.69) is 15.9 Å². The van der Waals surface area contributed by atoms with Crippen molar-refractivity contribution in [3.63, 3.8) is 0 Å². The van der Waals surface area contributed by atoms with E-state index in [-0.39, 0.29) is 5.56 Å². The Balaban J connectivity index is 2.00. The lowest BCUT2D eigenvalue weighted by Gasteiger charge is -2.14. The first kappa shape index (κ1) is 12.6. The second-order valence-electron chi connectivity index (χ2n) is 4.51. The van der Waals surface area contributed by atoms with Crippen LogP contribution in [0.2, 0.25) is 0 Å². The Labute approximate surface area is 119 Å². The molecule has 1 N–H and O–H groups in total. The zero-order valence-electron chi connectivity index (χ0n) is 10.1. The zero-order valence-corrected chi connectivity index (χ0v) is 11.7. The number of ether oxygens (including phenoxy) is 1. The van der Waals surface area contributed by atoms with Crippen LogP contribution in [0.4, 0.5) is 4.39 Å². The van der Waals surface area contributed by atoms with Crippen LogP contribution in [-0.4, -0.2) is 11.7 Å². The molecule has 1 atom stereocenters. The molecule has 1 unspecified atom stereocenters.